The zero-order chi connectivity index (χ0) is 17.4. The molecule has 0 saturated heterocycles. The van der Waals surface area contributed by atoms with Crippen molar-refractivity contribution in [3.05, 3.63) is 0 Å². The molecule has 0 aliphatic heterocycles. The van der Waals surface area contributed by atoms with Crippen molar-refractivity contribution in [2.24, 2.45) is 5.92 Å². The average molecular weight is 376 g/mol. The summed E-state index contributed by atoms with van der Waals surface area (Å²) in [6.07, 6.45) is 3.34. The summed E-state index contributed by atoms with van der Waals surface area (Å²) < 4.78 is 8.58. The molecule has 0 N–H and O–H groups in total. The number of halogens is 3. The fraction of sp³-hybridized carbons (Fsp3) is 0.867. The highest BCUT2D eigenvalue weighted by atomic mass is 35.6. The quantitative estimate of drug-likeness (QED) is 0.346. The van der Waals surface area contributed by atoms with Gasteiger partial charge in [-0.25, -0.2) is 0 Å². The van der Waals surface area contributed by atoms with Gasteiger partial charge in [-0.1, -0.05) is 61.0 Å². The van der Waals surface area contributed by atoms with Crippen molar-refractivity contribution in [3.8, 4) is 0 Å². The van der Waals surface area contributed by atoms with Crippen molar-refractivity contribution < 1.29 is 19.1 Å². The largest absolute Gasteiger partial charge is 0.461 e. The van der Waals surface area contributed by atoms with Gasteiger partial charge in [0.15, 0.2) is 0 Å². The van der Waals surface area contributed by atoms with Crippen molar-refractivity contribution in [1.29, 1.82) is 0 Å². The van der Waals surface area contributed by atoms with Crippen LogP contribution in [0.1, 0.15) is 59.8 Å². The van der Waals surface area contributed by atoms with Gasteiger partial charge in [0, 0.05) is 0 Å². The number of unbranched alkanes of at least 4 members (excludes halogenated alkanes) is 2. The first-order chi connectivity index (χ1) is 9.94. The number of esters is 2. The molecule has 7 heteroatoms. The lowest BCUT2D eigenvalue weighted by atomic mass is 9.98. The van der Waals surface area contributed by atoms with Crippen LogP contribution in [-0.4, -0.2) is 27.9 Å². The highest BCUT2D eigenvalue weighted by molar-refractivity contribution is 6.67. The molecule has 0 radical (unpaired) electrons. The summed E-state index contributed by atoms with van der Waals surface area (Å²) in [6.45, 7) is 7.05. The summed E-state index contributed by atoms with van der Waals surface area (Å²) in [5, 5.41) is 0. The number of hydrogen-bond acceptors (Lipinski definition) is 4. The summed E-state index contributed by atoms with van der Waals surface area (Å²) in [5.41, 5.74) is -0.591. The van der Waals surface area contributed by atoms with Gasteiger partial charge in [-0.3, -0.25) is 9.59 Å². The Morgan fingerprint density at radius 1 is 1.09 bits per heavy atom. The number of rotatable bonds is 8. The highest BCUT2D eigenvalue weighted by Crippen LogP contribution is 2.27. The molecule has 0 aromatic heterocycles. The lowest BCUT2D eigenvalue weighted by Gasteiger charge is -2.22. The van der Waals surface area contributed by atoms with Crippen LogP contribution in [0, 0.1) is 5.92 Å². The van der Waals surface area contributed by atoms with Gasteiger partial charge < -0.3 is 9.47 Å². The van der Waals surface area contributed by atoms with Crippen LogP contribution in [0.4, 0.5) is 0 Å². The third kappa shape index (κ3) is 12.4. The maximum Gasteiger partial charge on any atom is 0.309 e. The van der Waals surface area contributed by atoms with Gasteiger partial charge in [0.25, 0.3) is 0 Å². The minimum atomic E-state index is -1.66. The third-order valence-corrected chi connectivity index (χ3v) is 3.03. The summed E-state index contributed by atoms with van der Waals surface area (Å²) in [4.78, 5) is 24.0. The van der Waals surface area contributed by atoms with Crippen LogP contribution in [-0.2, 0) is 19.1 Å². The van der Waals surface area contributed by atoms with Gasteiger partial charge in [-0.05, 0) is 27.2 Å². The lowest BCUT2D eigenvalue weighted by molar-refractivity contribution is -0.161. The summed E-state index contributed by atoms with van der Waals surface area (Å²) in [5.74, 6) is -1.54. The van der Waals surface area contributed by atoms with E-state index in [1.165, 1.54) is 0 Å². The molecule has 0 aromatic carbocycles. The van der Waals surface area contributed by atoms with Crippen molar-refractivity contribution in [2.75, 3.05) is 6.61 Å². The highest BCUT2D eigenvalue weighted by Gasteiger charge is 2.29. The van der Waals surface area contributed by atoms with E-state index in [0.717, 1.165) is 19.3 Å². The van der Waals surface area contributed by atoms with E-state index in [1.54, 1.807) is 20.8 Å². The van der Waals surface area contributed by atoms with Gasteiger partial charge in [0.1, 0.15) is 12.2 Å². The third-order valence-electron chi connectivity index (χ3n) is 2.70. The van der Waals surface area contributed by atoms with Crippen LogP contribution in [0.5, 0.6) is 0 Å². The number of alkyl halides is 3. The predicted molar refractivity (Wildman–Crippen MR) is 89.3 cm³/mol. The monoisotopic (exact) mass is 374 g/mol. The first-order valence-corrected chi connectivity index (χ1v) is 8.53. The first-order valence-electron chi connectivity index (χ1n) is 7.40. The van der Waals surface area contributed by atoms with E-state index in [1.807, 2.05) is 0 Å². The molecule has 0 aliphatic carbocycles. The molecule has 0 bridgehead atoms. The zero-order valence-electron chi connectivity index (χ0n) is 13.6. The second kappa shape index (κ2) is 9.84. The first kappa shape index (κ1) is 21.8. The van der Waals surface area contributed by atoms with Crippen molar-refractivity contribution in [3.63, 3.8) is 0 Å². The molecule has 0 amide bonds. The van der Waals surface area contributed by atoms with Crippen LogP contribution in [0.3, 0.4) is 0 Å². The van der Waals surface area contributed by atoms with Crippen molar-refractivity contribution in [2.45, 2.75) is 69.2 Å². The molecule has 0 unspecified atom stereocenters. The predicted octanol–water partition coefficient (Wildman–Crippen LogP) is 4.83. The minimum absolute atomic E-state index is 0.0281. The SMILES string of the molecule is CCCCC[C@@H](CC(=O)OC(C)(C)C)C(=O)OCC(Cl)(Cl)Cl. The van der Waals surface area contributed by atoms with Crippen molar-refractivity contribution in [1.82, 2.24) is 0 Å². The standard InChI is InChI=1S/C15H25Cl3O4/c1-5-6-7-8-11(9-12(19)22-14(2,3)4)13(20)21-10-15(16,17)18/h11H,5-10H2,1-4H3/t11-/m0/s1. The summed E-state index contributed by atoms with van der Waals surface area (Å²) in [6, 6.07) is 0. The molecule has 0 spiro atoms. The Balaban J connectivity index is 4.60. The molecule has 0 rings (SSSR count). The molecular formula is C15H25Cl3O4. The second-order valence-corrected chi connectivity index (χ2v) is 8.72. The van der Waals surface area contributed by atoms with Crippen LogP contribution >= 0.6 is 34.8 Å². The van der Waals surface area contributed by atoms with Gasteiger partial charge >= 0.3 is 11.9 Å². The normalized spacial score (nSPS) is 13.6. The number of hydrogen-bond donors (Lipinski definition) is 0. The minimum Gasteiger partial charge on any atom is -0.461 e. The molecular weight excluding hydrogens is 351 g/mol. The van der Waals surface area contributed by atoms with Crippen LogP contribution < -0.4 is 0 Å². The van der Waals surface area contributed by atoms with E-state index in [0.29, 0.717) is 6.42 Å². The van der Waals surface area contributed by atoms with E-state index in [-0.39, 0.29) is 13.0 Å². The molecule has 0 saturated carbocycles. The smallest absolute Gasteiger partial charge is 0.309 e. The van der Waals surface area contributed by atoms with Crippen LogP contribution in [0.25, 0.3) is 0 Å². The number of carbonyl (C=O) groups excluding carboxylic acids is 2. The Hall–Kier alpha value is -0.190. The Labute approximate surface area is 147 Å². The molecule has 0 fully saturated rings. The molecule has 0 aromatic rings. The average Bonchev–Trinajstić information content (AvgIpc) is 2.31. The van der Waals surface area contributed by atoms with E-state index < -0.39 is 27.3 Å². The molecule has 130 valence electrons. The Morgan fingerprint density at radius 3 is 2.14 bits per heavy atom. The number of carbonyl (C=O) groups is 2. The maximum atomic E-state index is 12.1. The van der Waals surface area contributed by atoms with Gasteiger partial charge in [0.05, 0.1) is 12.3 Å². The van der Waals surface area contributed by atoms with E-state index >= 15 is 0 Å². The van der Waals surface area contributed by atoms with Crippen LogP contribution in [0.15, 0.2) is 0 Å². The topological polar surface area (TPSA) is 52.6 Å². The molecule has 1 atom stereocenters. The second-order valence-electron chi connectivity index (χ2n) is 6.21. The Kier molecular flexibility index (Phi) is 9.75. The van der Waals surface area contributed by atoms with Crippen LogP contribution in [0.2, 0.25) is 0 Å². The maximum absolute atomic E-state index is 12.1. The van der Waals surface area contributed by atoms with E-state index in [2.05, 4.69) is 6.92 Å². The Morgan fingerprint density at radius 2 is 1.68 bits per heavy atom. The van der Waals surface area contributed by atoms with Gasteiger partial charge in [-0.15, -0.1) is 0 Å². The molecule has 0 heterocycles. The summed E-state index contributed by atoms with van der Waals surface area (Å²) >= 11 is 16.7. The van der Waals surface area contributed by atoms with Gasteiger partial charge in [-0.2, -0.15) is 0 Å². The summed E-state index contributed by atoms with van der Waals surface area (Å²) in [7, 11) is 0. The molecule has 0 aliphatic rings. The van der Waals surface area contributed by atoms with Gasteiger partial charge in [0.2, 0.25) is 3.79 Å². The lowest BCUT2D eigenvalue weighted by Crippen LogP contribution is -2.29. The fourth-order valence-electron chi connectivity index (χ4n) is 1.80. The zero-order valence-corrected chi connectivity index (χ0v) is 15.9. The van der Waals surface area contributed by atoms with E-state index in [9.17, 15) is 9.59 Å². The van der Waals surface area contributed by atoms with Crippen molar-refractivity contribution >= 4 is 46.7 Å². The number of ether oxygens (including phenoxy) is 2. The van der Waals surface area contributed by atoms with E-state index in [4.69, 9.17) is 44.3 Å². The Bertz CT molecular complexity index is 359. The molecule has 4 nitrogen and oxygen atoms in total. The fourth-order valence-corrected chi connectivity index (χ4v) is 1.96. The molecule has 22 heavy (non-hydrogen) atoms.